The van der Waals surface area contributed by atoms with E-state index in [4.69, 9.17) is 13.9 Å². The smallest absolute Gasteiger partial charge is 0.296 e. The van der Waals surface area contributed by atoms with Crippen LogP contribution < -0.4 is 9.47 Å². The minimum atomic E-state index is -0.869. The molecular weight excluding hydrogens is 398 g/mol. The summed E-state index contributed by atoms with van der Waals surface area (Å²) in [6.45, 7) is 0.0585. The van der Waals surface area contributed by atoms with Crippen LogP contribution in [0.15, 0.2) is 76.9 Å². The number of benzene rings is 2. The maximum Gasteiger partial charge on any atom is 0.296 e. The molecule has 0 saturated carbocycles. The van der Waals surface area contributed by atoms with Gasteiger partial charge < -0.3 is 23.9 Å². The normalized spacial score (nSPS) is 17.7. The zero-order valence-corrected chi connectivity index (χ0v) is 17.1. The Balaban J connectivity index is 1.94. The highest BCUT2D eigenvalue weighted by molar-refractivity contribution is 6.46. The molecule has 1 N–H and O–H groups in total. The molecule has 1 unspecified atom stereocenters. The third-order valence-corrected chi connectivity index (χ3v) is 5.24. The summed E-state index contributed by atoms with van der Waals surface area (Å²) in [6.07, 6.45) is 1.50. The van der Waals surface area contributed by atoms with Gasteiger partial charge in [0.1, 0.15) is 23.0 Å². The molecule has 1 aliphatic rings. The predicted octanol–water partition coefficient (Wildman–Crippen LogP) is 3.92. The van der Waals surface area contributed by atoms with Crippen molar-refractivity contribution in [2.75, 3.05) is 14.2 Å². The summed E-state index contributed by atoms with van der Waals surface area (Å²) < 4.78 is 16.2. The number of ether oxygens (including phenoxy) is 2. The number of rotatable bonds is 6. The number of aliphatic hydroxyl groups excluding tert-OH is 1. The number of methoxy groups -OCH3 is 2. The number of aliphatic hydroxyl groups is 1. The van der Waals surface area contributed by atoms with E-state index in [2.05, 4.69) is 0 Å². The second kappa shape index (κ2) is 8.39. The highest BCUT2D eigenvalue weighted by atomic mass is 16.5. The van der Waals surface area contributed by atoms with Gasteiger partial charge in [0.05, 0.1) is 44.2 Å². The topological polar surface area (TPSA) is 89.2 Å². The maximum atomic E-state index is 13.1. The summed E-state index contributed by atoms with van der Waals surface area (Å²) in [5, 5.41) is 11.2. The number of furan rings is 1. The van der Waals surface area contributed by atoms with E-state index in [1.165, 1.54) is 25.4 Å². The number of nitrogens with zero attached hydrogens (tertiary/aromatic N) is 1. The summed E-state index contributed by atoms with van der Waals surface area (Å²) in [5.74, 6) is -0.442. The van der Waals surface area contributed by atoms with Crippen molar-refractivity contribution in [3.63, 3.8) is 0 Å². The van der Waals surface area contributed by atoms with Crippen molar-refractivity contribution in [2.45, 2.75) is 12.6 Å². The lowest BCUT2D eigenvalue weighted by Crippen LogP contribution is -2.29. The number of para-hydroxylation sites is 2. The van der Waals surface area contributed by atoms with Gasteiger partial charge in [0.25, 0.3) is 11.7 Å². The molecule has 7 heteroatoms. The lowest BCUT2D eigenvalue weighted by atomic mass is 9.94. The molecule has 1 amide bonds. The molecule has 31 heavy (non-hydrogen) atoms. The van der Waals surface area contributed by atoms with Gasteiger partial charge in [-0.1, -0.05) is 30.3 Å². The Morgan fingerprint density at radius 3 is 2.32 bits per heavy atom. The van der Waals surface area contributed by atoms with Crippen LogP contribution in [-0.2, 0) is 16.1 Å². The number of carbonyl (C=O) groups is 2. The third kappa shape index (κ3) is 3.54. The highest BCUT2D eigenvalue weighted by Gasteiger charge is 2.47. The first-order chi connectivity index (χ1) is 15.1. The molecular formula is C24H21NO6. The summed E-state index contributed by atoms with van der Waals surface area (Å²) in [7, 11) is 2.98. The van der Waals surface area contributed by atoms with Crippen LogP contribution >= 0.6 is 0 Å². The molecule has 0 spiro atoms. The van der Waals surface area contributed by atoms with Crippen molar-refractivity contribution >= 4 is 17.4 Å². The van der Waals surface area contributed by atoms with Crippen LogP contribution in [0.25, 0.3) is 5.76 Å². The molecule has 1 aliphatic heterocycles. The van der Waals surface area contributed by atoms with E-state index < -0.39 is 17.7 Å². The fourth-order valence-corrected chi connectivity index (χ4v) is 3.81. The maximum absolute atomic E-state index is 13.1. The average molecular weight is 419 g/mol. The van der Waals surface area contributed by atoms with Crippen molar-refractivity contribution in [1.29, 1.82) is 0 Å². The SMILES string of the molecule is COc1ccccc1/C(O)=C1\C(=O)C(=O)N(Cc2ccco2)C1c1ccccc1OC. The molecule has 3 aromatic rings. The molecule has 7 nitrogen and oxygen atoms in total. The quantitative estimate of drug-likeness (QED) is 0.370. The number of likely N-dealkylation sites (tertiary alicyclic amines) is 1. The predicted molar refractivity (Wildman–Crippen MR) is 113 cm³/mol. The Morgan fingerprint density at radius 1 is 0.968 bits per heavy atom. The monoisotopic (exact) mass is 419 g/mol. The van der Waals surface area contributed by atoms with Gasteiger partial charge in [-0.2, -0.15) is 0 Å². The second-order valence-electron chi connectivity index (χ2n) is 6.95. The first kappa shape index (κ1) is 20.3. The molecule has 1 aromatic heterocycles. The van der Waals surface area contributed by atoms with Gasteiger partial charge in [-0.25, -0.2) is 0 Å². The minimum absolute atomic E-state index is 0.0365. The minimum Gasteiger partial charge on any atom is -0.507 e. The lowest BCUT2D eigenvalue weighted by Gasteiger charge is -2.26. The highest BCUT2D eigenvalue weighted by Crippen LogP contribution is 2.44. The molecule has 158 valence electrons. The van der Waals surface area contributed by atoms with Gasteiger partial charge >= 0.3 is 0 Å². The lowest BCUT2D eigenvalue weighted by molar-refractivity contribution is -0.140. The van der Waals surface area contributed by atoms with Crippen molar-refractivity contribution < 1.29 is 28.6 Å². The van der Waals surface area contributed by atoms with Gasteiger partial charge in [0.2, 0.25) is 0 Å². The van der Waals surface area contributed by atoms with E-state index in [1.54, 1.807) is 60.7 Å². The van der Waals surface area contributed by atoms with Crippen LogP contribution in [0.5, 0.6) is 11.5 Å². The Morgan fingerprint density at radius 2 is 1.65 bits per heavy atom. The number of hydrogen-bond donors (Lipinski definition) is 1. The van der Waals surface area contributed by atoms with Crippen LogP contribution in [0.4, 0.5) is 0 Å². The van der Waals surface area contributed by atoms with Crippen LogP contribution in [-0.4, -0.2) is 35.9 Å². The number of ketones is 1. The zero-order chi connectivity index (χ0) is 22.0. The molecule has 1 atom stereocenters. The van der Waals surface area contributed by atoms with Gasteiger partial charge in [-0.3, -0.25) is 9.59 Å². The standard InChI is InChI=1S/C24H21NO6/c1-29-18-11-5-3-9-16(18)21-20(22(26)17-10-4-6-12-19(17)30-2)23(27)24(28)25(21)14-15-8-7-13-31-15/h3-13,21,26H,14H2,1-2H3/b22-20+. The van der Waals surface area contributed by atoms with Crippen LogP contribution in [0.3, 0.4) is 0 Å². The van der Waals surface area contributed by atoms with E-state index in [9.17, 15) is 14.7 Å². The number of amides is 1. The van der Waals surface area contributed by atoms with Gasteiger partial charge in [0, 0.05) is 5.56 Å². The Hall–Kier alpha value is -4.00. The molecule has 4 rings (SSSR count). The summed E-state index contributed by atoms with van der Waals surface area (Å²) in [5.41, 5.74) is 0.860. The first-order valence-electron chi connectivity index (χ1n) is 9.64. The van der Waals surface area contributed by atoms with E-state index in [0.717, 1.165) is 0 Å². The Bertz CT molecular complexity index is 1150. The van der Waals surface area contributed by atoms with Gasteiger partial charge in [-0.05, 0) is 30.3 Å². The number of carbonyl (C=O) groups excluding carboxylic acids is 2. The van der Waals surface area contributed by atoms with E-state index in [-0.39, 0.29) is 17.9 Å². The summed E-state index contributed by atoms with van der Waals surface area (Å²) in [4.78, 5) is 27.5. The Labute approximate surface area is 179 Å². The zero-order valence-electron chi connectivity index (χ0n) is 17.1. The van der Waals surface area contributed by atoms with Crippen LogP contribution in [0.1, 0.15) is 22.9 Å². The molecule has 1 saturated heterocycles. The van der Waals surface area contributed by atoms with E-state index in [1.807, 2.05) is 0 Å². The van der Waals surface area contributed by atoms with Crippen molar-refractivity contribution in [3.05, 3.63) is 89.4 Å². The van der Waals surface area contributed by atoms with E-state index >= 15 is 0 Å². The molecule has 0 radical (unpaired) electrons. The van der Waals surface area contributed by atoms with Crippen LogP contribution in [0, 0.1) is 0 Å². The average Bonchev–Trinajstić information content (AvgIpc) is 3.41. The Kier molecular flexibility index (Phi) is 5.49. The van der Waals surface area contributed by atoms with Crippen molar-refractivity contribution in [3.8, 4) is 11.5 Å². The fraction of sp³-hybridized carbons (Fsp3) is 0.167. The first-order valence-corrected chi connectivity index (χ1v) is 9.64. The number of hydrogen-bond acceptors (Lipinski definition) is 6. The second-order valence-corrected chi connectivity index (χ2v) is 6.95. The van der Waals surface area contributed by atoms with Crippen molar-refractivity contribution in [2.24, 2.45) is 0 Å². The van der Waals surface area contributed by atoms with Gasteiger partial charge in [-0.15, -0.1) is 0 Å². The van der Waals surface area contributed by atoms with E-state index in [0.29, 0.717) is 28.4 Å². The molecule has 1 fully saturated rings. The molecule has 0 aliphatic carbocycles. The molecule has 2 heterocycles. The van der Waals surface area contributed by atoms with Gasteiger partial charge in [0.15, 0.2) is 0 Å². The summed E-state index contributed by atoms with van der Waals surface area (Å²) >= 11 is 0. The third-order valence-electron chi connectivity index (χ3n) is 5.24. The fourth-order valence-electron chi connectivity index (χ4n) is 3.81. The molecule has 0 bridgehead atoms. The van der Waals surface area contributed by atoms with Crippen molar-refractivity contribution in [1.82, 2.24) is 4.90 Å². The number of Topliss-reactive ketones (excluding diaryl/α,β-unsaturated/α-hetero) is 1. The largest absolute Gasteiger partial charge is 0.507 e. The van der Waals surface area contributed by atoms with Crippen LogP contribution in [0.2, 0.25) is 0 Å². The summed E-state index contributed by atoms with van der Waals surface area (Å²) in [6, 6.07) is 16.4. The molecule has 2 aromatic carbocycles.